The van der Waals surface area contributed by atoms with E-state index >= 15 is 0 Å². The molecule has 0 amide bonds. The van der Waals surface area contributed by atoms with Crippen molar-refractivity contribution in [2.75, 3.05) is 19.7 Å². The molecule has 0 saturated heterocycles. The average Bonchev–Trinajstić information content (AvgIpc) is 2.96. The first-order chi connectivity index (χ1) is 7.04. The fourth-order valence-electron chi connectivity index (χ4n) is 1.72. The number of aliphatic hydroxyl groups is 1. The second-order valence-corrected chi connectivity index (χ2v) is 5.58. The van der Waals surface area contributed by atoms with E-state index in [2.05, 4.69) is 25.2 Å². The van der Waals surface area contributed by atoms with E-state index in [4.69, 9.17) is 10.4 Å². The first-order valence-corrected chi connectivity index (χ1v) is 5.72. The Labute approximate surface area is 92.5 Å². The summed E-state index contributed by atoms with van der Waals surface area (Å²) in [6.45, 7) is 6.50. The Morgan fingerprint density at radius 3 is 2.60 bits per heavy atom. The molecular weight excluding hydrogens is 188 g/mol. The minimum Gasteiger partial charge on any atom is -0.396 e. The Morgan fingerprint density at radius 1 is 1.47 bits per heavy atom. The molecule has 0 aromatic carbocycles. The molecule has 0 spiro atoms. The highest BCUT2D eigenvalue weighted by atomic mass is 16.3. The van der Waals surface area contributed by atoms with Crippen molar-refractivity contribution in [2.24, 2.45) is 10.8 Å². The van der Waals surface area contributed by atoms with Crippen LogP contribution in [0.1, 0.15) is 39.5 Å². The van der Waals surface area contributed by atoms with E-state index in [9.17, 15) is 0 Å². The van der Waals surface area contributed by atoms with Crippen LogP contribution >= 0.6 is 0 Å². The van der Waals surface area contributed by atoms with Gasteiger partial charge >= 0.3 is 0 Å². The summed E-state index contributed by atoms with van der Waals surface area (Å²) in [7, 11) is 0. The standard InChI is InChI=1S/C12H22N2O/c1-11(2,4-3-7-13)8-14-9-12(10-15)5-6-12/h14-15H,3-6,8-10H2,1-2H3. The van der Waals surface area contributed by atoms with Gasteiger partial charge in [0, 0.05) is 31.5 Å². The Hall–Kier alpha value is -0.590. The second kappa shape index (κ2) is 4.96. The minimum absolute atomic E-state index is 0.182. The molecule has 15 heavy (non-hydrogen) atoms. The zero-order valence-electron chi connectivity index (χ0n) is 9.84. The summed E-state index contributed by atoms with van der Waals surface area (Å²) >= 11 is 0. The lowest BCUT2D eigenvalue weighted by Crippen LogP contribution is -2.34. The zero-order valence-corrected chi connectivity index (χ0v) is 9.84. The molecule has 0 aromatic heterocycles. The van der Waals surface area contributed by atoms with Gasteiger partial charge in [0.05, 0.1) is 6.07 Å². The molecule has 0 aliphatic heterocycles. The summed E-state index contributed by atoms with van der Waals surface area (Å²) in [6, 6.07) is 2.19. The van der Waals surface area contributed by atoms with E-state index in [1.807, 2.05) is 0 Å². The third-order valence-electron chi connectivity index (χ3n) is 3.31. The number of hydrogen-bond acceptors (Lipinski definition) is 3. The Kier molecular flexibility index (Phi) is 4.12. The quantitative estimate of drug-likeness (QED) is 0.672. The van der Waals surface area contributed by atoms with Crippen LogP contribution in [0.15, 0.2) is 0 Å². The first-order valence-electron chi connectivity index (χ1n) is 5.72. The summed E-state index contributed by atoms with van der Waals surface area (Å²) in [5.41, 5.74) is 0.368. The number of nitrogens with zero attached hydrogens (tertiary/aromatic N) is 1. The van der Waals surface area contributed by atoms with E-state index in [0.29, 0.717) is 13.0 Å². The van der Waals surface area contributed by atoms with Crippen LogP contribution in [-0.2, 0) is 0 Å². The van der Waals surface area contributed by atoms with Crippen molar-refractivity contribution in [3.63, 3.8) is 0 Å². The fourth-order valence-corrected chi connectivity index (χ4v) is 1.72. The predicted molar refractivity (Wildman–Crippen MR) is 60.3 cm³/mol. The normalized spacial score (nSPS) is 18.5. The lowest BCUT2D eigenvalue weighted by Gasteiger charge is -2.25. The summed E-state index contributed by atoms with van der Waals surface area (Å²) in [5, 5.41) is 21.1. The highest BCUT2D eigenvalue weighted by molar-refractivity contribution is 4.94. The van der Waals surface area contributed by atoms with Gasteiger partial charge in [0.1, 0.15) is 0 Å². The molecule has 3 heteroatoms. The van der Waals surface area contributed by atoms with Crippen molar-refractivity contribution >= 4 is 0 Å². The van der Waals surface area contributed by atoms with E-state index < -0.39 is 0 Å². The van der Waals surface area contributed by atoms with Crippen molar-refractivity contribution in [3.8, 4) is 6.07 Å². The van der Waals surface area contributed by atoms with Gasteiger partial charge in [-0.15, -0.1) is 0 Å². The molecule has 0 atom stereocenters. The molecular formula is C12H22N2O. The monoisotopic (exact) mass is 210 g/mol. The number of hydrogen-bond donors (Lipinski definition) is 2. The number of aliphatic hydroxyl groups excluding tert-OH is 1. The van der Waals surface area contributed by atoms with Crippen LogP contribution in [0.4, 0.5) is 0 Å². The molecule has 1 aliphatic rings. The molecule has 1 rings (SSSR count). The van der Waals surface area contributed by atoms with Gasteiger partial charge in [0.2, 0.25) is 0 Å². The van der Waals surface area contributed by atoms with Gasteiger partial charge < -0.3 is 10.4 Å². The molecule has 86 valence electrons. The van der Waals surface area contributed by atoms with Crippen LogP contribution in [0.5, 0.6) is 0 Å². The smallest absolute Gasteiger partial charge is 0.0621 e. The second-order valence-electron chi connectivity index (χ2n) is 5.58. The van der Waals surface area contributed by atoms with E-state index in [-0.39, 0.29) is 10.8 Å². The predicted octanol–water partition coefficient (Wildman–Crippen LogP) is 1.68. The highest BCUT2D eigenvalue weighted by Gasteiger charge is 2.41. The van der Waals surface area contributed by atoms with E-state index in [1.54, 1.807) is 0 Å². The van der Waals surface area contributed by atoms with Crippen molar-refractivity contribution in [1.29, 1.82) is 5.26 Å². The van der Waals surface area contributed by atoms with Gasteiger partial charge in [-0.2, -0.15) is 5.26 Å². The maximum atomic E-state index is 9.14. The molecule has 0 unspecified atom stereocenters. The molecule has 0 aromatic rings. The van der Waals surface area contributed by atoms with Gasteiger partial charge in [-0.25, -0.2) is 0 Å². The molecule has 0 radical (unpaired) electrons. The summed E-state index contributed by atoms with van der Waals surface area (Å²) in [4.78, 5) is 0. The number of rotatable bonds is 7. The third kappa shape index (κ3) is 4.19. The highest BCUT2D eigenvalue weighted by Crippen LogP contribution is 2.44. The van der Waals surface area contributed by atoms with E-state index in [1.165, 1.54) is 0 Å². The lowest BCUT2D eigenvalue weighted by atomic mass is 9.88. The maximum absolute atomic E-state index is 9.14. The van der Waals surface area contributed by atoms with Gasteiger partial charge in [-0.1, -0.05) is 13.8 Å². The minimum atomic E-state index is 0.182. The molecule has 0 heterocycles. The summed E-state index contributed by atoms with van der Waals surface area (Å²) in [5.74, 6) is 0. The summed E-state index contributed by atoms with van der Waals surface area (Å²) in [6.07, 6.45) is 3.85. The van der Waals surface area contributed by atoms with Crippen molar-refractivity contribution in [3.05, 3.63) is 0 Å². The maximum Gasteiger partial charge on any atom is 0.0621 e. The number of nitriles is 1. The van der Waals surface area contributed by atoms with Crippen molar-refractivity contribution in [1.82, 2.24) is 5.32 Å². The third-order valence-corrected chi connectivity index (χ3v) is 3.31. The van der Waals surface area contributed by atoms with E-state index in [0.717, 1.165) is 32.4 Å². The van der Waals surface area contributed by atoms with Crippen LogP contribution in [-0.4, -0.2) is 24.8 Å². The van der Waals surface area contributed by atoms with Gasteiger partial charge in [0.25, 0.3) is 0 Å². The van der Waals surface area contributed by atoms with Crippen molar-refractivity contribution < 1.29 is 5.11 Å². The van der Waals surface area contributed by atoms with Crippen LogP contribution < -0.4 is 5.32 Å². The lowest BCUT2D eigenvalue weighted by molar-refractivity contribution is 0.200. The summed E-state index contributed by atoms with van der Waals surface area (Å²) < 4.78 is 0. The largest absolute Gasteiger partial charge is 0.396 e. The van der Waals surface area contributed by atoms with Crippen LogP contribution in [0.2, 0.25) is 0 Å². The Bertz CT molecular complexity index is 238. The van der Waals surface area contributed by atoms with Crippen LogP contribution in [0, 0.1) is 22.2 Å². The first kappa shape index (κ1) is 12.5. The zero-order chi connectivity index (χ0) is 11.4. The van der Waals surface area contributed by atoms with Gasteiger partial charge in [-0.3, -0.25) is 0 Å². The fraction of sp³-hybridized carbons (Fsp3) is 0.917. The molecule has 1 aliphatic carbocycles. The molecule has 0 bridgehead atoms. The molecule has 3 nitrogen and oxygen atoms in total. The van der Waals surface area contributed by atoms with Crippen LogP contribution in [0.3, 0.4) is 0 Å². The molecule has 1 saturated carbocycles. The Morgan fingerprint density at radius 2 is 2.13 bits per heavy atom. The molecule has 1 fully saturated rings. The van der Waals surface area contributed by atoms with Gasteiger partial charge in [0.15, 0.2) is 0 Å². The van der Waals surface area contributed by atoms with Crippen LogP contribution in [0.25, 0.3) is 0 Å². The average molecular weight is 210 g/mol. The van der Waals surface area contributed by atoms with Gasteiger partial charge in [-0.05, 0) is 24.7 Å². The topological polar surface area (TPSA) is 56.0 Å². The SMILES string of the molecule is CC(C)(CCC#N)CNCC1(CO)CC1. The number of nitrogens with one attached hydrogen (secondary N) is 1. The molecule has 2 N–H and O–H groups in total. The van der Waals surface area contributed by atoms with Crippen molar-refractivity contribution in [2.45, 2.75) is 39.5 Å². The Balaban J connectivity index is 2.16.